The van der Waals surface area contributed by atoms with E-state index in [4.69, 9.17) is 5.73 Å². The predicted octanol–water partition coefficient (Wildman–Crippen LogP) is 2.47. The standard InChI is InChI=1S/C12H21N3S/c1-9-11(7-13)12(15(2)14-9)16-8-10-5-3-4-6-10/h10H,3-8,13H2,1-2H3. The fourth-order valence-electron chi connectivity index (χ4n) is 2.47. The average Bonchev–Trinajstić information content (AvgIpc) is 2.83. The van der Waals surface area contributed by atoms with Gasteiger partial charge >= 0.3 is 0 Å². The van der Waals surface area contributed by atoms with E-state index in [0.717, 1.165) is 11.6 Å². The van der Waals surface area contributed by atoms with Crippen LogP contribution >= 0.6 is 11.8 Å². The zero-order valence-electron chi connectivity index (χ0n) is 10.2. The second kappa shape index (κ2) is 5.23. The largest absolute Gasteiger partial charge is 0.326 e. The maximum absolute atomic E-state index is 5.78. The molecule has 0 amide bonds. The smallest absolute Gasteiger partial charge is 0.0984 e. The number of nitrogens with zero attached hydrogens (tertiary/aromatic N) is 2. The van der Waals surface area contributed by atoms with Gasteiger partial charge in [0.05, 0.1) is 10.7 Å². The van der Waals surface area contributed by atoms with Crippen LogP contribution in [0.15, 0.2) is 5.03 Å². The molecule has 2 rings (SSSR count). The van der Waals surface area contributed by atoms with Gasteiger partial charge in [0, 0.05) is 24.9 Å². The van der Waals surface area contributed by atoms with Gasteiger partial charge in [-0.15, -0.1) is 11.8 Å². The minimum atomic E-state index is 0.604. The molecule has 1 heterocycles. The normalized spacial score (nSPS) is 17.2. The molecule has 0 atom stereocenters. The summed E-state index contributed by atoms with van der Waals surface area (Å²) in [4.78, 5) is 0. The van der Waals surface area contributed by atoms with Crippen LogP contribution in [0.4, 0.5) is 0 Å². The molecule has 1 fully saturated rings. The Balaban J connectivity index is 2.02. The molecule has 1 aliphatic rings. The van der Waals surface area contributed by atoms with Gasteiger partial charge in [-0.2, -0.15) is 5.10 Å². The summed E-state index contributed by atoms with van der Waals surface area (Å²) in [7, 11) is 2.02. The lowest BCUT2D eigenvalue weighted by Gasteiger charge is -2.09. The van der Waals surface area contributed by atoms with Crippen molar-refractivity contribution in [2.75, 3.05) is 5.75 Å². The van der Waals surface area contributed by atoms with Crippen molar-refractivity contribution < 1.29 is 0 Å². The SMILES string of the molecule is Cc1nn(C)c(SCC2CCCC2)c1CN. The van der Waals surface area contributed by atoms with E-state index in [1.165, 1.54) is 42.0 Å². The van der Waals surface area contributed by atoms with E-state index in [-0.39, 0.29) is 0 Å². The maximum Gasteiger partial charge on any atom is 0.0984 e. The van der Waals surface area contributed by atoms with Crippen molar-refractivity contribution in [3.8, 4) is 0 Å². The minimum Gasteiger partial charge on any atom is -0.326 e. The lowest BCUT2D eigenvalue weighted by Crippen LogP contribution is -2.03. The molecule has 2 N–H and O–H groups in total. The second-order valence-electron chi connectivity index (χ2n) is 4.66. The maximum atomic E-state index is 5.78. The Kier molecular flexibility index (Phi) is 3.92. The van der Waals surface area contributed by atoms with Gasteiger partial charge in [0.2, 0.25) is 0 Å². The predicted molar refractivity (Wildman–Crippen MR) is 68.5 cm³/mol. The Morgan fingerprint density at radius 1 is 1.44 bits per heavy atom. The van der Waals surface area contributed by atoms with Gasteiger partial charge in [0.1, 0.15) is 0 Å². The van der Waals surface area contributed by atoms with Crippen LogP contribution in [0.1, 0.15) is 36.9 Å². The number of nitrogens with two attached hydrogens (primary N) is 1. The second-order valence-corrected chi connectivity index (χ2v) is 5.67. The van der Waals surface area contributed by atoms with Gasteiger partial charge in [-0.3, -0.25) is 4.68 Å². The van der Waals surface area contributed by atoms with Crippen molar-refractivity contribution in [3.05, 3.63) is 11.3 Å². The lowest BCUT2D eigenvalue weighted by atomic mass is 10.1. The first-order valence-corrected chi connectivity index (χ1v) is 7.06. The van der Waals surface area contributed by atoms with Gasteiger partial charge < -0.3 is 5.73 Å². The Morgan fingerprint density at radius 2 is 2.12 bits per heavy atom. The van der Waals surface area contributed by atoms with E-state index in [1.54, 1.807) is 0 Å². The molecule has 0 bridgehead atoms. The zero-order valence-corrected chi connectivity index (χ0v) is 11.0. The summed E-state index contributed by atoms with van der Waals surface area (Å²) in [5, 5.41) is 5.71. The molecule has 1 saturated carbocycles. The highest BCUT2D eigenvalue weighted by Gasteiger charge is 2.18. The van der Waals surface area contributed by atoms with Gasteiger partial charge in [0.15, 0.2) is 0 Å². The molecular formula is C12H21N3S. The van der Waals surface area contributed by atoms with Crippen LogP contribution in [0.2, 0.25) is 0 Å². The Labute approximate surface area is 102 Å². The lowest BCUT2D eigenvalue weighted by molar-refractivity contribution is 0.619. The van der Waals surface area contributed by atoms with Crippen LogP contribution in [-0.4, -0.2) is 15.5 Å². The van der Waals surface area contributed by atoms with Crippen LogP contribution in [-0.2, 0) is 13.6 Å². The monoisotopic (exact) mass is 239 g/mol. The summed E-state index contributed by atoms with van der Waals surface area (Å²) < 4.78 is 1.98. The number of aryl methyl sites for hydroxylation is 2. The van der Waals surface area contributed by atoms with E-state index in [1.807, 2.05) is 30.4 Å². The quantitative estimate of drug-likeness (QED) is 0.821. The molecule has 4 heteroatoms. The zero-order chi connectivity index (χ0) is 11.5. The van der Waals surface area contributed by atoms with E-state index < -0.39 is 0 Å². The molecule has 0 radical (unpaired) electrons. The molecule has 90 valence electrons. The van der Waals surface area contributed by atoms with Crippen LogP contribution in [0, 0.1) is 12.8 Å². The average molecular weight is 239 g/mol. The first-order valence-electron chi connectivity index (χ1n) is 6.07. The molecule has 0 aliphatic heterocycles. The third kappa shape index (κ3) is 2.43. The fraction of sp³-hybridized carbons (Fsp3) is 0.750. The third-order valence-corrected chi connectivity index (χ3v) is 4.85. The van der Waals surface area contributed by atoms with Crippen molar-refractivity contribution in [2.24, 2.45) is 18.7 Å². The first kappa shape index (κ1) is 12.0. The van der Waals surface area contributed by atoms with Crippen LogP contribution in [0.3, 0.4) is 0 Å². The Hall–Kier alpha value is -0.480. The van der Waals surface area contributed by atoms with Crippen molar-refractivity contribution in [1.29, 1.82) is 0 Å². The van der Waals surface area contributed by atoms with Crippen molar-refractivity contribution in [2.45, 2.75) is 44.2 Å². The molecule has 0 spiro atoms. The summed E-state index contributed by atoms with van der Waals surface area (Å²) in [6.07, 6.45) is 5.64. The molecule has 1 aromatic rings. The number of aromatic nitrogens is 2. The van der Waals surface area contributed by atoms with Crippen LogP contribution in [0.25, 0.3) is 0 Å². The van der Waals surface area contributed by atoms with Gasteiger partial charge in [-0.25, -0.2) is 0 Å². The van der Waals surface area contributed by atoms with Crippen molar-refractivity contribution in [3.63, 3.8) is 0 Å². The highest BCUT2D eigenvalue weighted by atomic mass is 32.2. The number of hydrogen-bond acceptors (Lipinski definition) is 3. The number of thioether (sulfide) groups is 1. The Morgan fingerprint density at radius 3 is 2.75 bits per heavy atom. The third-order valence-electron chi connectivity index (χ3n) is 3.42. The van der Waals surface area contributed by atoms with Crippen LogP contribution < -0.4 is 5.73 Å². The van der Waals surface area contributed by atoms with E-state index in [0.29, 0.717) is 6.54 Å². The van der Waals surface area contributed by atoms with Gasteiger partial charge in [-0.1, -0.05) is 12.8 Å². The van der Waals surface area contributed by atoms with E-state index in [9.17, 15) is 0 Å². The summed E-state index contributed by atoms with van der Waals surface area (Å²) in [5.41, 5.74) is 8.09. The highest BCUT2D eigenvalue weighted by molar-refractivity contribution is 7.99. The minimum absolute atomic E-state index is 0.604. The summed E-state index contributed by atoms with van der Waals surface area (Å²) in [5.74, 6) is 2.14. The molecule has 0 aromatic carbocycles. The molecule has 0 saturated heterocycles. The number of hydrogen-bond donors (Lipinski definition) is 1. The number of rotatable bonds is 4. The van der Waals surface area contributed by atoms with E-state index >= 15 is 0 Å². The molecule has 1 aliphatic carbocycles. The molecule has 1 aromatic heterocycles. The summed E-state index contributed by atoms with van der Waals surface area (Å²) in [6.45, 7) is 2.65. The van der Waals surface area contributed by atoms with Crippen molar-refractivity contribution >= 4 is 11.8 Å². The van der Waals surface area contributed by atoms with Gasteiger partial charge in [-0.05, 0) is 25.7 Å². The molecule has 16 heavy (non-hydrogen) atoms. The van der Waals surface area contributed by atoms with Crippen molar-refractivity contribution in [1.82, 2.24) is 9.78 Å². The Bertz CT molecular complexity index is 353. The molecule has 3 nitrogen and oxygen atoms in total. The van der Waals surface area contributed by atoms with Crippen LogP contribution in [0.5, 0.6) is 0 Å². The van der Waals surface area contributed by atoms with E-state index in [2.05, 4.69) is 5.10 Å². The molecule has 0 unspecified atom stereocenters. The fourth-order valence-corrected chi connectivity index (χ4v) is 3.83. The first-order chi connectivity index (χ1) is 7.72. The summed E-state index contributed by atoms with van der Waals surface area (Å²) >= 11 is 1.94. The highest BCUT2D eigenvalue weighted by Crippen LogP contribution is 2.32. The van der Waals surface area contributed by atoms with Gasteiger partial charge in [0.25, 0.3) is 0 Å². The topological polar surface area (TPSA) is 43.8 Å². The summed E-state index contributed by atoms with van der Waals surface area (Å²) in [6, 6.07) is 0. The molecular weight excluding hydrogens is 218 g/mol.